The SMILES string of the molecule is CC(C)c1noc(C2CCCN2C(=O)c2csc(-c3cccs3)n2)n1. The number of thiophene rings is 1. The van der Waals surface area contributed by atoms with E-state index < -0.39 is 0 Å². The molecule has 1 aliphatic heterocycles. The molecular weight excluding hydrogens is 356 g/mol. The largest absolute Gasteiger partial charge is 0.337 e. The summed E-state index contributed by atoms with van der Waals surface area (Å²) in [5, 5.41) is 8.76. The molecule has 1 atom stereocenters. The number of carbonyl (C=O) groups excluding carboxylic acids is 1. The molecule has 0 spiro atoms. The molecule has 4 heterocycles. The van der Waals surface area contributed by atoms with Gasteiger partial charge in [-0.15, -0.1) is 22.7 Å². The summed E-state index contributed by atoms with van der Waals surface area (Å²) in [6.07, 6.45) is 1.77. The first-order valence-corrected chi connectivity index (χ1v) is 10.0. The summed E-state index contributed by atoms with van der Waals surface area (Å²) >= 11 is 3.13. The fourth-order valence-corrected chi connectivity index (χ4v) is 4.52. The van der Waals surface area contributed by atoms with E-state index in [1.165, 1.54) is 11.3 Å². The fourth-order valence-electron chi connectivity index (χ4n) is 2.92. The van der Waals surface area contributed by atoms with E-state index in [1.54, 1.807) is 11.3 Å². The number of nitrogens with zero attached hydrogens (tertiary/aromatic N) is 4. The van der Waals surface area contributed by atoms with Crippen LogP contribution in [0.25, 0.3) is 9.88 Å². The zero-order valence-electron chi connectivity index (χ0n) is 14.0. The van der Waals surface area contributed by atoms with Gasteiger partial charge in [-0.1, -0.05) is 25.1 Å². The maximum atomic E-state index is 12.9. The molecule has 1 unspecified atom stereocenters. The molecule has 4 rings (SSSR count). The van der Waals surface area contributed by atoms with Crippen molar-refractivity contribution in [3.8, 4) is 9.88 Å². The predicted molar refractivity (Wildman–Crippen MR) is 96.8 cm³/mol. The maximum absolute atomic E-state index is 12.9. The van der Waals surface area contributed by atoms with Crippen molar-refractivity contribution in [2.75, 3.05) is 6.54 Å². The van der Waals surface area contributed by atoms with Gasteiger partial charge < -0.3 is 9.42 Å². The van der Waals surface area contributed by atoms with Crippen LogP contribution in [-0.2, 0) is 0 Å². The Morgan fingerprint density at radius 1 is 1.36 bits per heavy atom. The van der Waals surface area contributed by atoms with Gasteiger partial charge in [0.1, 0.15) is 16.7 Å². The van der Waals surface area contributed by atoms with E-state index in [0.717, 1.165) is 22.7 Å². The standard InChI is InChI=1S/C17H18N4O2S2/c1-10(2)14-19-15(23-20-14)12-5-3-7-21(12)17(22)11-9-25-16(18-11)13-6-4-8-24-13/h4,6,8-10,12H,3,5,7H2,1-2H3. The van der Waals surface area contributed by atoms with Crippen LogP contribution < -0.4 is 0 Å². The van der Waals surface area contributed by atoms with E-state index in [2.05, 4.69) is 15.1 Å². The molecule has 0 bridgehead atoms. The van der Waals surface area contributed by atoms with Gasteiger partial charge in [0.15, 0.2) is 5.82 Å². The predicted octanol–water partition coefficient (Wildman–Crippen LogP) is 4.36. The Morgan fingerprint density at radius 3 is 2.96 bits per heavy atom. The van der Waals surface area contributed by atoms with Gasteiger partial charge in [0, 0.05) is 17.8 Å². The average Bonchev–Trinajstić information content (AvgIpc) is 3.41. The molecule has 130 valence electrons. The third-order valence-corrected chi connectivity index (χ3v) is 6.11. The zero-order chi connectivity index (χ0) is 17.4. The first kappa shape index (κ1) is 16.4. The van der Waals surface area contributed by atoms with Crippen molar-refractivity contribution in [1.82, 2.24) is 20.0 Å². The molecule has 1 amide bonds. The number of aromatic nitrogens is 3. The van der Waals surface area contributed by atoms with Crippen LogP contribution >= 0.6 is 22.7 Å². The Kier molecular flexibility index (Phi) is 4.39. The summed E-state index contributed by atoms with van der Waals surface area (Å²) in [6, 6.07) is 3.85. The summed E-state index contributed by atoms with van der Waals surface area (Å²) in [7, 11) is 0. The zero-order valence-corrected chi connectivity index (χ0v) is 15.6. The van der Waals surface area contributed by atoms with Crippen LogP contribution in [0.3, 0.4) is 0 Å². The molecular formula is C17H18N4O2S2. The quantitative estimate of drug-likeness (QED) is 0.679. The van der Waals surface area contributed by atoms with Gasteiger partial charge in [0.25, 0.3) is 5.91 Å². The van der Waals surface area contributed by atoms with E-state index in [4.69, 9.17) is 4.52 Å². The van der Waals surface area contributed by atoms with Gasteiger partial charge in [-0.3, -0.25) is 4.79 Å². The molecule has 0 saturated carbocycles. The molecule has 6 nitrogen and oxygen atoms in total. The summed E-state index contributed by atoms with van der Waals surface area (Å²) in [6.45, 7) is 4.73. The molecule has 25 heavy (non-hydrogen) atoms. The summed E-state index contributed by atoms with van der Waals surface area (Å²) in [5.74, 6) is 1.35. The van der Waals surface area contributed by atoms with Gasteiger partial charge in [-0.25, -0.2) is 4.98 Å². The molecule has 0 aliphatic carbocycles. The second-order valence-electron chi connectivity index (χ2n) is 6.32. The molecule has 1 aliphatic rings. The van der Waals surface area contributed by atoms with Crippen LogP contribution in [0.4, 0.5) is 0 Å². The molecule has 1 saturated heterocycles. The maximum Gasteiger partial charge on any atom is 0.274 e. The van der Waals surface area contributed by atoms with Crippen molar-refractivity contribution >= 4 is 28.6 Å². The lowest BCUT2D eigenvalue weighted by Crippen LogP contribution is -2.31. The molecule has 8 heteroatoms. The van der Waals surface area contributed by atoms with Crippen LogP contribution in [0.15, 0.2) is 27.4 Å². The van der Waals surface area contributed by atoms with Crippen molar-refractivity contribution in [2.45, 2.75) is 38.6 Å². The van der Waals surface area contributed by atoms with Crippen molar-refractivity contribution in [1.29, 1.82) is 0 Å². The highest BCUT2D eigenvalue weighted by molar-refractivity contribution is 7.20. The second-order valence-corrected chi connectivity index (χ2v) is 8.12. The van der Waals surface area contributed by atoms with Crippen molar-refractivity contribution in [3.05, 3.63) is 40.3 Å². The first-order chi connectivity index (χ1) is 12.1. The first-order valence-electron chi connectivity index (χ1n) is 8.27. The highest BCUT2D eigenvalue weighted by Gasteiger charge is 2.35. The Balaban J connectivity index is 1.56. The van der Waals surface area contributed by atoms with Crippen LogP contribution in [0.1, 0.15) is 60.9 Å². The van der Waals surface area contributed by atoms with Gasteiger partial charge in [0.2, 0.25) is 5.89 Å². The summed E-state index contributed by atoms with van der Waals surface area (Å²) in [5.41, 5.74) is 0.490. The second kappa shape index (κ2) is 6.68. The van der Waals surface area contributed by atoms with Gasteiger partial charge in [-0.2, -0.15) is 4.98 Å². The van der Waals surface area contributed by atoms with E-state index >= 15 is 0 Å². The van der Waals surface area contributed by atoms with E-state index in [1.807, 2.05) is 41.6 Å². The number of carbonyl (C=O) groups is 1. The number of hydrogen-bond acceptors (Lipinski definition) is 7. The van der Waals surface area contributed by atoms with E-state index in [9.17, 15) is 4.79 Å². The molecule has 0 N–H and O–H groups in total. The molecule has 0 aromatic carbocycles. The van der Waals surface area contributed by atoms with Crippen molar-refractivity contribution in [2.24, 2.45) is 0 Å². The van der Waals surface area contributed by atoms with Crippen LogP contribution in [0.2, 0.25) is 0 Å². The van der Waals surface area contributed by atoms with Crippen LogP contribution in [0.5, 0.6) is 0 Å². The minimum absolute atomic E-state index is 0.0640. The van der Waals surface area contributed by atoms with Gasteiger partial charge in [-0.05, 0) is 24.3 Å². The monoisotopic (exact) mass is 374 g/mol. The molecule has 1 fully saturated rings. The lowest BCUT2D eigenvalue weighted by atomic mass is 10.2. The highest BCUT2D eigenvalue weighted by Crippen LogP contribution is 2.34. The number of likely N-dealkylation sites (tertiary alicyclic amines) is 1. The highest BCUT2D eigenvalue weighted by atomic mass is 32.1. The van der Waals surface area contributed by atoms with Crippen LogP contribution in [-0.4, -0.2) is 32.5 Å². The minimum atomic E-state index is -0.153. The lowest BCUT2D eigenvalue weighted by Gasteiger charge is -2.20. The number of rotatable bonds is 4. The smallest absolute Gasteiger partial charge is 0.274 e. The van der Waals surface area contributed by atoms with Crippen molar-refractivity contribution < 1.29 is 9.32 Å². The third-order valence-electron chi connectivity index (χ3n) is 4.23. The Labute approximate surface area is 153 Å². The van der Waals surface area contributed by atoms with E-state index in [-0.39, 0.29) is 17.9 Å². The van der Waals surface area contributed by atoms with Crippen LogP contribution in [0, 0.1) is 0 Å². The summed E-state index contributed by atoms with van der Waals surface area (Å²) in [4.78, 5) is 24.8. The molecule has 3 aromatic heterocycles. The fraction of sp³-hybridized carbons (Fsp3) is 0.412. The Bertz CT molecular complexity index is 869. The topological polar surface area (TPSA) is 72.1 Å². The molecule has 3 aromatic rings. The molecule has 0 radical (unpaired) electrons. The number of amides is 1. The van der Waals surface area contributed by atoms with E-state index in [0.29, 0.717) is 24.0 Å². The normalized spacial score (nSPS) is 17.6. The number of hydrogen-bond donors (Lipinski definition) is 0. The minimum Gasteiger partial charge on any atom is -0.337 e. The Morgan fingerprint density at radius 2 is 2.24 bits per heavy atom. The third kappa shape index (κ3) is 3.11. The van der Waals surface area contributed by atoms with Gasteiger partial charge >= 0.3 is 0 Å². The summed E-state index contributed by atoms with van der Waals surface area (Å²) < 4.78 is 5.42. The van der Waals surface area contributed by atoms with Gasteiger partial charge in [0.05, 0.1) is 4.88 Å². The number of thiazole rings is 1. The average molecular weight is 374 g/mol. The Hall–Kier alpha value is -2.06. The lowest BCUT2D eigenvalue weighted by molar-refractivity contribution is 0.0705. The van der Waals surface area contributed by atoms with Crippen molar-refractivity contribution in [3.63, 3.8) is 0 Å².